The third-order valence-electron chi connectivity index (χ3n) is 5.95. The largest absolute Gasteiger partial charge is 0.342 e. The highest BCUT2D eigenvalue weighted by molar-refractivity contribution is 7.16. The molecular formula is C24H19N5O2S. The van der Waals surface area contributed by atoms with Gasteiger partial charge in [-0.15, -0.1) is 11.3 Å². The smallest absolute Gasteiger partial charge is 0.270 e. The fraction of sp³-hybridized carbons (Fsp3) is 0.125. The number of thiophene rings is 1. The van der Waals surface area contributed by atoms with Crippen LogP contribution in [0.5, 0.6) is 0 Å². The Morgan fingerprint density at radius 1 is 1.12 bits per heavy atom. The summed E-state index contributed by atoms with van der Waals surface area (Å²) in [4.78, 5) is 36.7. The zero-order valence-corrected chi connectivity index (χ0v) is 17.9. The summed E-state index contributed by atoms with van der Waals surface area (Å²) < 4.78 is 1.83. The summed E-state index contributed by atoms with van der Waals surface area (Å²) in [5.74, 6) is 0.410. The van der Waals surface area contributed by atoms with Crippen LogP contribution in [0.1, 0.15) is 32.0 Å². The first-order chi connectivity index (χ1) is 15.7. The van der Waals surface area contributed by atoms with E-state index < -0.39 is 0 Å². The Balaban J connectivity index is 1.29. The van der Waals surface area contributed by atoms with E-state index in [-0.39, 0.29) is 11.8 Å². The molecule has 4 aromatic heterocycles. The van der Waals surface area contributed by atoms with E-state index in [1.165, 1.54) is 0 Å². The van der Waals surface area contributed by atoms with Gasteiger partial charge in [-0.25, -0.2) is 4.98 Å². The van der Waals surface area contributed by atoms with E-state index in [2.05, 4.69) is 15.3 Å². The van der Waals surface area contributed by atoms with Gasteiger partial charge in [-0.05, 0) is 53.3 Å². The summed E-state index contributed by atoms with van der Waals surface area (Å²) in [5, 5.41) is 6.05. The molecule has 0 aliphatic carbocycles. The molecule has 6 rings (SSSR count). The van der Waals surface area contributed by atoms with Crippen LogP contribution >= 0.6 is 11.3 Å². The van der Waals surface area contributed by atoms with Crippen molar-refractivity contribution < 1.29 is 9.59 Å². The van der Waals surface area contributed by atoms with Gasteiger partial charge in [-0.1, -0.05) is 18.2 Å². The van der Waals surface area contributed by atoms with Gasteiger partial charge in [0.25, 0.3) is 11.8 Å². The topological polar surface area (TPSA) is 82.5 Å². The summed E-state index contributed by atoms with van der Waals surface area (Å²) in [6.07, 6.45) is 4.23. The second-order valence-electron chi connectivity index (χ2n) is 7.83. The molecule has 32 heavy (non-hydrogen) atoms. The number of hydrogen-bond acceptors (Lipinski definition) is 4. The van der Waals surface area contributed by atoms with E-state index >= 15 is 0 Å². The lowest BCUT2D eigenvalue weighted by Crippen LogP contribution is -2.37. The van der Waals surface area contributed by atoms with Crippen molar-refractivity contribution >= 4 is 44.8 Å². The van der Waals surface area contributed by atoms with Gasteiger partial charge in [0.2, 0.25) is 0 Å². The van der Waals surface area contributed by atoms with Crippen molar-refractivity contribution in [3.8, 4) is 0 Å². The molecule has 0 saturated carbocycles. The molecule has 7 nitrogen and oxygen atoms in total. The highest BCUT2D eigenvalue weighted by atomic mass is 32.1. The van der Waals surface area contributed by atoms with Crippen molar-refractivity contribution in [2.24, 2.45) is 0 Å². The van der Waals surface area contributed by atoms with Crippen LogP contribution in [0.15, 0.2) is 66.3 Å². The monoisotopic (exact) mass is 441 g/mol. The lowest BCUT2D eigenvalue weighted by atomic mass is 9.94. The number of amides is 2. The van der Waals surface area contributed by atoms with Gasteiger partial charge in [0, 0.05) is 36.4 Å². The molecule has 0 saturated heterocycles. The number of imidazole rings is 1. The molecule has 2 N–H and O–H groups in total. The number of nitrogens with one attached hydrogen (secondary N) is 2. The summed E-state index contributed by atoms with van der Waals surface area (Å²) in [6.45, 7) is 1.03. The number of nitrogens with zero attached hydrogens (tertiary/aromatic N) is 3. The standard InChI is InChI=1S/C24H19N5O2S/c30-22(27-21-6-2-5-20-25-9-11-29(20)21)17-4-1-3-15-7-10-28(14-18(15)17)24(31)19-13-16-8-12-32-23(16)26-19/h1-6,8-9,11-13,26H,7,10,14H2,(H,27,30). The summed E-state index contributed by atoms with van der Waals surface area (Å²) in [6, 6.07) is 15.2. The SMILES string of the molecule is O=C(Nc1cccc2nccn12)c1cccc2c1CN(C(=O)c1cc3ccsc3[nH]1)CC2. The number of fused-ring (bicyclic) bond motifs is 3. The summed E-state index contributed by atoms with van der Waals surface area (Å²) in [5.41, 5.74) is 3.94. The molecule has 5 heterocycles. The normalized spacial score (nSPS) is 13.4. The Morgan fingerprint density at radius 2 is 2.03 bits per heavy atom. The average molecular weight is 442 g/mol. The zero-order valence-electron chi connectivity index (χ0n) is 17.0. The second kappa shape index (κ2) is 7.35. The van der Waals surface area contributed by atoms with Crippen molar-refractivity contribution in [2.75, 3.05) is 11.9 Å². The van der Waals surface area contributed by atoms with E-state index in [1.54, 1.807) is 17.5 Å². The molecule has 1 aliphatic heterocycles. The molecule has 0 fully saturated rings. The number of anilines is 1. The number of carbonyl (C=O) groups is 2. The van der Waals surface area contributed by atoms with Crippen LogP contribution in [0.2, 0.25) is 0 Å². The van der Waals surface area contributed by atoms with Crippen LogP contribution in [-0.2, 0) is 13.0 Å². The van der Waals surface area contributed by atoms with Crippen LogP contribution in [0.25, 0.3) is 15.9 Å². The van der Waals surface area contributed by atoms with Crippen molar-refractivity contribution in [1.29, 1.82) is 0 Å². The minimum absolute atomic E-state index is 0.0440. The van der Waals surface area contributed by atoms with Gasteiger partial charge < -0.3 is 15.2 Å². The predicted octanol–water partition coefficient (Wildman–Crippen LogP) is 4.33. The Morgan fingerprint density at radius 3 is 2.94 bits per heavy atom. The predicted molar refractivity (Wildman–Crippen MR) is 124 cm³/mol. The van der Waals surface area contributed by atoms with Crippen LogP contribution in [-0.4, -0.2) is 37.6 Å². The molecule has 0 bridgehead atoms. The summed E-state index contributed by atoms with van der Waals surface area (Å²) in [7, 11) is 0. The van der Waals surface area contributed by atoms with Crippen molar-refractivity contribution in [2.45, 2.75) is 13.0 Å². The van der Waals surface area contributed by atoms with Crippen molar-refractivity contribution in [1.82, 2.24) is 19.3 Å². The third-order valence-corrected chi connectivity index (χ3v) is 6.79. The highest BCUT2D eigenvalue weighted by Crippen LogP contribution is 2.27. The van der Waals surface area contributed by atoms with Gasteiger partial charge in [0.05, 0.1) is 0 Å². The molecule has 0 radical (unpaired) electrons. The fourth-order valence-corrected chi connectivity index (χ4v) is 5.12. The molecule has 1 aromatic carbocycles. The van der Waals surface area contributed by atoms with Crippen molar-refractivity contribution in [3.63, 3.8) is 0 Å². The van der Waals surface area contributed by atoms with E-state index in [0.717, 1.165) is 27.0 Å². The van der Waals surface area contributed by atoms with Crippen LogP contribution in [0.3, 0.4) is 0 Å². The summed E-state index contributed by atoms with van der Waals surface area (Å²) >= 11 is 1.58. The number of H-pyrrole nitrogens is 1. The van der Waals surface area contributed by atoms with E-state index in [0.29, 0.717) is 36.6 Å². The molecule has 158 valence electrons. The Kier molecular flexibility index (Phi) is 4.32. The number of pyridine rings is 1. The molecule has 5 aromatic rings. The number of benzene rings is 1. The van der Waals surface area contributed by atoms with Crippen LogP contribution in [0, 0.1) is 0 Å². The van der Waals surface area contributed by atoms with E-state index in [4.69, 9.17) is 0 Å². The maximum atomic E-state index is 13.2. The fourth-order valence-electron chi connectivity index (χ4n) is 4.33. The zero-order chi connectivity index (χ0) is 21.7. The average Bonchev–Trinajstić information content (AvgIpc) is 3.54. The Bertz CT molecular complexity index is 1470. The molecule has 2 amide bonds. The van der Waals surface area contributed by atoms with Gasteiger partial charge >= 0.3 is 0 Å². The van der Waals surface area contributed by atoms with Gasteiger partial charge in [-0.3, -0.25) is 14.0 Å². The number of hydrogen-bond donors (Lipinski definition) is 2. The quantitative estimate of drug-likeness (QED) is 0.437. The minimum Gasteiger partial charge on any atom is -0.342 e. The number of rotatable bonds is 3. The Labute approximate surface area is 187 Å². The molecule has 0 unspecified atom stereocenters. The van der Waals surface area contributed by atoms with Gasteiger partial charge in [0.15, 0.2) is 0 Å². The highest BCUT2D eigenvalue weighted by Gasteiger charge is 2.26. The first-order valence-corrected chi connectivity index (χ1v) is 11.2. The first-order valence-electron chi connectivity index (χ1n) is 10.4. The van der Waals surface area contributed by atoms with Gasteiger partial charge in [-0.2, -0.15) is 0 Å². The lowest BCUT2D eigenvalue weighted by Gasteiger charge is -2.30. The van der Waals surface area contributed by atoms with Crippen LogP contribution in [0.4, 0.5) is 5.82 Å². The first kappa shape index (κ1) is 18.8. The second-order valence-corrected chi connectivity index (χ2v) is 8.74. The number of aromatic amines is 1. The van der Waals surface area contributed by atoms with Crippen molar-refractivity contribution in [3.05, 3.63) is 88.7 Å². The van der Waals surface area contributed by atoms with E-state index in [9.17, 15) is 9.59 Å². The third kappa shape index (κ3) is 3.07. The molecule has 0 spiro atoms. The molecule has 0 atom stereocenters. The van der Waals surface area contributed by atoms with E-state index in [1.807, 2.05) is 69.4 Å². The maximum Gasteiger partial charge on any atom is 0.270 e. The molecule has 8 heteroatoms. The molecular weight excluding hydrogens is 422 g/mol. The Hall–Kier alpha value is -3.91. The number of carbonyl (C=O) groups excluding carboxylic acids is 2. The molecule has 1 aliphatic rings. The van der Waals surface area contributed by atoms with Gasteiger partial charge in [0.1, 0.15) is 22.0 Å². The maximum absolute atomic E-state index is 13.2. The number of aromatic nitrogens is 3. The lowest BCUT2D eigenvalue weighted by molar-refractivity contribution is 0.0727. The van der Waals surface area contributed by atoms with Crippen LogP contribution < -0.4 is 5.32 Å². The minimum atomic E-state index is -0.197.